The van der Waals surface area contributed by atoms with E-state index in [1.54, 1.807) is 13.0 Å². The molecule has 21 heavy (non-hydrogen) atoms. The van der Waals surface area contributed by atoms with Crippen molar-refractivity contribution in [3.05, 3.63) is 33.9 Å². The van der Waals surface area contributed by atoms with Crippen LogP contribution in [0.4, 0.5) is 11.4 Å². The SMILES string of the molecule is Cc1ccc(NC2CC(C)(C)CC(C)(C)C2)cc1[N+](=O)[O-]. The quantitative estimate of drug-likeness (QED) is 0.635. The zero-order chi connectivity index (χ0) is 15.8. The van der Waals surface area contributed by atoms with E-state index in [1.807, 2.05) is 12.1 Å². The van der Waals surface area contributed by atoms with E-state index in [0.29, 0.717) is 22.4 Å². The Hall–Kier alpha value is -1.58. The van der Waals surface area contributed by atoms with E-state index in [9.17, 15) is 10.1 Å². The first-order valence-corrected chi connectivity index (χ1v) is 7.60. The van der Waals surface area contributed by atoms with Crippen LogP contribution in [-0.4, -0.2) is 11.0 Å². The van der Waals surface area contributed by atoms with Crippen LogP contribution in [0.1, 0.15) is 52.5 Å². The Balaban J connectivity index is 2.18. The van der Waals surface area contributed by atoms with Gasteiger partial charge in [0.05, 0.1) is 4.92 Å². The van der Waals surface area contributed by atoms with Crippen LogP contribution in [0.2, 0.25) is 0 Å². The van der Waals surface area contributed by atoms with Crippen molar-refractivity contribution >= 4 is 11.4 Å². The second-order valence-corrected chi connectivity index (χ2v) is 8.01. The monoisotopic (exact) mass is 290 g/mol. The number of nitro groups is 1. The molecule has 1 fully saturated rings. The number of benzene rings is 1. The predicted molar refractivity (Wildman–Crippen MR) is 86.7 cm³/mol. The highest BCUT2D eigenvalue weighted by Crippen LogP contribution is 2.46. The average Bonchev–Trinajstić information content (AvgIpc) is 2.27. The molecule has 0 saturated heterocycles. The lowest BCUT2D eigenvalue weighted by Crippen LogP contribution is -2.40. The van der Waals surface area contributed by atoms with Gasteiger partial charge in [0.15, 0.2) is 0 Å². The molecule has 1 saturated carbocycles. The normalized spacial score (nSPS) is 21.0. The number of nitrogens with one attached hydrogen (secondary N) is 1. The molecule has 116 valence electrons. The summed E-state index contributed by atoms with van der Waals surface area (Å²) in [7, 11) is 0. The van der Waals surface area contributed by atoms with Gasteiger partial charge in [-0.05, 0) is 43.1 Å². The topological polar surface area (TPSA) is 55.2 Å². The Labute approximate surface area is 127 Å². The lowest BCUT2D eigenvalue weighted by Gasteiger charge is -2.45. The van der Waals surface area contributed by atoms with Crippen LogP contribution in [0, 0.1) is 27.9 Å². The van der Waals surface area contributed by atoms with Crippen LogP contribution in [-0.2, 0) is 0 Å². The molecule has 4 nitrogen and oxygen atoms in total. The molecule has 0 amide bonds. The van der Waals surface area contributed by atoms with Gasteiger partial charge in [-0.15, -0.1) is 0 Å². The van der Waals surface area contributed by atoms with E-state index >= 15 is 0 Å². The molecule has 1 N–H and O–H groups in total. The summed E-state index contributed by atoms with van der Waals surface area (Å²) in [5.41, 5.74) is 2.35. The largest absolute Gasteiger partial charge is 0.382 e. The molecule has 0 heterocycles. The summed E-state index contributed by atoms with van der Waals surface area (Å²) in [6, 6.07) is 5.78. The van der Waals surface area contributed by atoms with Crippen molar-refractivity contribution in [1.82, 2.24) is 0 Å². The summed E-state index contributed by atoms with van der Waals surface area (Å²) in [6.07, 6.45) is 3.41. The van der Waals surface area contributed by atoms with Crippen molar-refractivity contribution in [2.24, 2.45) is 10.8 Å². The maximum absolute atomic E-state index is 11.1. The van der Waals surface area contributed by atoms with E-state index in [-0.39, 0.29) is 10.6 Å². The number of aryl methyl sites for hydroxylation is 1. The van der Waals surface area contributed by atoms with E-state index in [2.05, 4.69) is 33.0 Å². The van der Waals surface area contributed by atoms with Gasteiger partial charge in [-0.25, -0.2) is 0 Å². The second-order valence-electron chi connectivity index (χ2n) is 8.01. The number of hydrogen-bond acceptors (Lipinski definition) is 3. The number of nitrogens with zero attached hydrogens (tertiary/aromatic N) is 1. The predicted octanol–water partition coefficient (Wildman–Crippen LogP) is 4.92. The Morgan fingerprint density at radius 1 is 1.19 bits per heavy atom. The molecule has 2 rings (SSSR count). The Kier molecular flexibility index (Phi) is 4.00. The minimum atomic E-state index is -0.310. The summed E-state index contributed by atoms with van der Waals surface area (Å²) in [5.74, 6) is 0. The molecule has 0 bridgehead atoms. The van der Waals surface area contributed by atoms with Gasteiger partial charge in [-0.1, -0.05) is 33.8 Å². The molecular weight excluding hydrogens is 264 g/mol. The average molecular weight is 290 g/mol. The van der Waals surface area contributed by atoms with Gasteiger partial charge in [0.2, 0.25) is 0 Å². The molecule has 4 heteroatoms. The maximum Gasteiger partial charge on any atom is 0.274 e. The number of hydrogen-bond donors (Lipinski definition) is 1. The Morgan fingerprint density at radius 2 is 1.76 bits per heavy atom. The fourth-order valence-electron chi connectivity index (χ4n) is 4.08. The molecule has 0 aliphatic heterocycles. The molecule has 0 radical (unpaired) electrons. The van der Waals surface area contributed by atoms with E-state index in [1.165, 1.54) is 6.42 Å². The van der Waals surface area contributed by atoms with Crippen molar-refractivity contribution in [3.8, 4) is 0 Å². The lowest BCUT2D eigenvalue weighted by atomic mass is 9.63. The van der Waals surface area contributed by atoms with E-state index < -0.39 is 0 Å². The van der Waals surface area contributed by atoms with Crippen LogP contribution >= 0.6 is 0 Å². The van der Waals surface area contributed by atoms with Crippen LogP contribution in [0.15, 0.2) is 18.2 Å². The maximum atomic E-state index is 11.1. The number of nitro benzene ring substituents is 1. The number of anilines is 1. The van der Waals surface area contributed by atoms with Crippen LogP contribution in [0.3, 0.4) is 0 Å². The molecular formula is C17H26N2O2. The summed E-state index contributed by atoms with van der Waals surface area (Å²) < 4.78 is 0. The zero-order valence-corrected chi connectivity index (χ0v) is 13.7. The van der Waals surface area contributed by atoms with E-state index in [0.717, 1.165) is 18.5 Å². The molecule has 1 aliphatic carbocycles. The standard InChI is InChI=1S/C17H26N2O2/c1-12-6-7-13(8-15(12)19(20)21)18-14-9-16(2,3)11-17(4,5)10-14/h6-8,14,18H,9-11H2,1-5H3. The summed E-state index contributed by atoms with van der Waals surface area (Å²) in [5, 5.41) is 14.6. The minimum absolute atomic E-state index is 0.189. The van der Waals surface area contributed by atoms with Crippen molar-refractivity contribution in [2.75, 3.05) is 5.32 Å². The highest BCUT2D eigenvalue weighted by atomic mass is 16.6. The molecule has 1 aliphatic rings. The first-order chi connectivity index (χ1) is 9.58. The van der Waals surface area contributed by atoms with Gasteiger partial charge in [0.25, 0.3) is 5.69 Å². The van der Waals surface area contributed by atoms with Crippen molar-refractivity contribution in [3.63, 3.8) is 0 Å². The summed E-state index contributed by atoms with van der Waals surface area (Å²) >= 11 is 0. The molecule has 0 unspecified atom stereocenters. The third-order valence-corrected chi connectivity index (χ3v) is 4.33. The fraction of sp³-hybridized carbons (Fsp3) is 0.647. The van der Waals surface area contributed by atoms with Crippen LogP contribution < -0.4 is 5.32 Å². The third kappa shape index (κ3) is 3.96. The van der Waals surface area contributed by atoms with Crippen molar-refractivity contribution < 1.29 is 4.92 Å². The van der Waals surface area contributed by atoms with Gasteiger partial charge >= 0.3 is 0 Å². The first kappa shape index (κ1) is 15.8. The third-order valence-electron chi connectivity index (χ3n) is 4.33. The second kappa shape index (κ2) is 5.32. The Morgan fingerprint density at radius 3 is 2.29 bits per heavy atom. The van der Waals surface area contributed by atoms with Crippen LogP contribution in [0.5, 0.6) is 0 Å². The lowest BCUT2D eigenvalue weighted by molar-refractivity contribution is -0.385. The summed E-state index contributed by atoms with van der Waals surface area (Å²) in [4.78, 5) is 10.7. The highest BCUT2D eigenvalue weighted by molar-refractivity contribution is 5.55. The van der Waals surface area contributed by atoms with Gasteiger partial charge < -0.3 is 5.32 Å². The number of rotatable bonds is 3. The molecule has 1 aromatic rings. The first-order valence-electron chi connectivity index (χ1n) is 7.60. The highest BCUT2D eigenvalue weighted by Gasteiger charge is 2.38. The van der Waals surface area contributed by atoms with Crippen LogP contribution in [0.25, 0.3) is 0 Å². The smallest absolute Gasteiger partial charge is 0.274 e. The molecule has 0 spiro atoms. The zero-order valence-electron chi connectivity index (χ0n) is 13.7. The fourth-order valence-corrected chi connectivity index (χ4v) is 4.08. The minimum Gasteiger partial charge on any atom is -0.382 e. The van der Waals surface area contributed by atoms with Crippen molar-refractivity contribution in [2.45, 2.75) is 59.9 Å². The van der Waals surface area contributed by atoms with Gasteiger partial charge in [-0.2, -0.15) is 0 Å². The summed E-state index contributed by atoms with van der Waals surface area (Å²) in [6.45, 7) is 11.0. The Bertz CT molecular complexity index is 534. The van der Waals surface area contributed by atoms with Gasteiger partial charge in [0.1, 0.15) is 0 Å². The molecule has 1 aromatic carbocycles. The molecule has 0 atom stereocenters. The van der Waals surface area contributed by atoms with Gasteiger partial charge in [0, 0.05) is 23.4 Å². The van der Waals surface area contributed by atoms with Gasteiger partial charge in [-0.3, -0.25) is 10.1 Å². The van der Waals surface area contributed by atoms with E-state index in [4.69, 9.17) is 0 Å². The van der Waals surface area contributed by atoms with Crippen molar-refractivity contribution in [1.29, 1.82) is 0 Å². The molecule has 0 aromatic heterocycles.